The summed E-state index contributed by atoms with van der Waals surface area (Å²) in [5.41, 5.74) is 1.33. The van der Waals surface area contributed by atoms with Crippen molar-refractivity contribution in [1.29, 1.82) is 0 Å². The summed E-state index contributed by atoms with van der Waals surface area (Å²) >= 11 is 1.81. The smallest absolute Gasteiger partial charge is 0.236 e. The number of thiophene rings is 1. The van der Waals surface area contributed by atoms with Gasteiger partial charge in [0, 0.05) is 24.0 Å². The average Bonchev–Trinajstić information content (AvgIpc) is 2.90. The van der Waals surface area contributed by atoms with Gasteiger partial charge in [0.1, 0.15) is 0 Å². The minimum absolute atomic E-state index is 0.229. The van der Waals surface area contributed by atoms with E-state index in [9.17, 15) is 4.79 Å². The average molecular weight is 280 g/mol. The Bertz CT molecular complexity index is 430. The van der Waals surface area contributed by atoms with Crippen molar-refractivity contribution in [2.45, 2.75) is 46.2 Å². The van der Waals surface area contributed by atoms with E-state index in [1.165, 1.54) is 10.4 Å². The first-order valence-corrected chi connectivity index (χ1v) is 8.06. The second kappa shape index (κ2) is 6.53. The van der Waals surface area contributed by atoms with Gasteiger partial charge in [-0.1, -0.05) is 20.3 Å². The summed E-state index contributed by atoms with van der Waals surface area (Å²) < 4.78 is 0. The van der Waals surface area contributed by atoms with Crippen LogP contribution in [0, 0.1) is 5.92 Å². The molecule has 0 bridgehead atoms. The standard InChI is InChI=1S/C15H24N2OS/c1-4-11(2)12(3)16-9-15(18)17-7-5-14-13(10-17)6-8-19-14/h6,8,11-12,16H,4-5,7,9-10H2,1-3H3. The molecule has 0 radical (unpaired) electrons. The van der Waals surface area contributed by atoms with Gasteiger partial charge in [-0.25, -0.2) is 0 Å². The van der Waals surface area contributed by atoms with Crippen molar-refractivity contribution in [1.82, 2.24) is 10.2 Å². The molecule has 3 nitrogen and oxygen atoms in total. The predicted octanol–water partition coefficient (Wildman–Crippen LogP) is 2.66. The maximum atomic E-state index is 12.2. The number of nitrogens with one attached hydrogen (secondary N) is 1. The zero-order chi connectivity index (χ0) is 13.8. The van der Waals surface area contributed by atoms with Crippen LogP contribution in [0.1, 0.15) is 37.6 Å². The molecular formula is C15H24N2OS. The van der Waals surface area contributed by atoms with Crippen LogP contribution in [0.25, 0.3) is 0 Å². The molecule has 2 rings (SSSR count). The SMILES string of the molecule is CCC(C)C(C)NCC(=O)N1CCc2sccc2C1. The van der Waals surface area contributed by atoms with E-state index in [1.807, 2.05) is 16.2 Å². The molecule has 0 aromatic carbocycles. The molecule has 0 saturated carbocycles. The fourth-order valence-corrected chi connectivity index (χ4v) is 3.27. The molecule has 0 spiro atoms. The van der Waals surface area contributed by atoms with Crippen LogP contribution in [0.3, 0.4) is 0 Å². The highest BCUT2D eigenvalue weighted by Gasteiger charge is 2.21. The minimum atomic E-state index is 0.229. The molecular weight excluding hydrogens is 256 g/mol. The molecule has 2 atom stereocenters. The molecule has 106 valence electrons. The summed E-state index contributed by atoms with van der Waals surface area (Å²) in [6.45, 7) is 8.69. The molecule has 19 heavy (non-hydrogen) atoms. The summed E-state index contributed by atoms with van der Waals surface area (Å²) in [4.78, 5) is 15.6. The highest BCUT2D eigenvalue weighted by molar-refractivity contribution is 7.10. The Morgan fingerprint density at radius 3 is 3.05 bits per heavy atom. The third kappa shape index (κ3) is 3.57. The van der Waals surface area contributed by atoms with Crippen molar-refractivity contribution in [3.8, 4) is 0 Å². The summed E-state index contributed by atoms with van der Waals surface area (Å²) in [6.07, 6.45) is 2.16. The van der Waals surface area contributed by atoms with E-state index in [0.717, 1.165) is 25.9 Å². The third-order valence-electron chi connectivity index (χ3n) is 4.23. The summed E-state index contributed by atoms with van der Waals surface area (Å²) in [5.74, 6) is 0.838. The Balaban J connectivity index is 1.82. The molecule has 1 aliphatic heterocycles. The number of nitrogens with zero attached hydrogens (tertiary/aromatic N) is 1. The first kappa shape index (κ1) is 14.5. The minimum Gasteiger partial charge on any atom is -0.337 e. The van der Waals surface area contributed by atoms with Crippen molar-refractivity contribution < 1.29 is 4.79 Å². The second-order valence-corrected chi connectivity index (χ2v) is 6.49. The molecule has 1 aliphatic rings. The summed E-state index contributed by atoms with van der Waals surface area (Å²) in [6, 6.07) is 2.55. The molecule has 0 saturated heterocycles. The lowest BCUT2D eigenvalue weighted by atomic mass is 10.0. The van der Waals surface area contributed by atoms with E-state index < -0.39 is 0 Å². The van der Waals surface area contributed by atoms with Crippen molar-refractivity contribution >= 4 is 17.2 Å². The van der Waals surface area contributed by atoms with Crippen LogP contribution in [0.15, 0.2) is 11.4 Å². The van der Waals surface area contributed by atoms with Crippen LogP contribution in [-0.4, -0.2) is 29.9 Å². The van der Waals surface area contributed by atoms with Crippen molar-refractivity contribution in [3.05, 3.63) is 21.9 Å². The van der Waals surface area contributed by atoms with Gasteiger partial charge in [0.25, 0.3) is 0 Å². The van der Waals surface area contributed by atoms with Gasteiger partial charge >= 0.3 is 0 Å². The van der Waals surface area contributed by atoms with Crippen molar-refractivity contribution in [2.75, 3.05) is 13.1 Å². The van der Waals surface area contributed by atoms with Gasteiger partial charge in [0.15, 0.2) is 0 Å². The fraction of sp³-hybridized carbons (Fsp3) is 0.667. The normalized spacial score (nSPS) is 17.9. The topological polar surface area (TPSA) is 32.3 Å². The molecule has 1 aromatic rings. The number of rotatable bonds is 5. The van der Waals surface area contributed by atoms with Crippen molar-refractivity contribution in [2.24, 2.45) is 5.92 Å². The van der Waals surface area contributed by atoms with E-state index in [1.54, 1.807) is 0 Å². The van der Waals surface area contributed by atoms with Crippen molar-refractivity contribution in [3.63, 3.8) is 0 Å². The first-order valence-electron chi connectivity index (χ1n) is 7.18. The van der Waals surface area contributed by atoms with Gasteiger partial charge in [-0.05, 0) is 36.3 Å². The Morgan fingerprint density at radius 2 is 2.32 bits per heavy atom. The molecule has 2 heterocycles. The summed E-state index contributed by atoms with van der Waals surface area (Å²) in [5, 5.41) is 5.49. The highest BCUT2D eigenvalue weighted by Crippen LogP contribution is 2.23. The van der Waals surface area contributed by atoms with Gasteiger partial charge in [0.05, 0.1) is 6.54 Å². The van der Waals surface area contributed by atoms with E-state index in [4.69, 9.17) is 0 Å². The molecule has 2 unspecified atom stereocenters. The molecule has 1 aromatic heterocycles. The Morgan fingerprint density at radius 1 is 1.53 bits per heavy atom. The largest absolute Gasteiger partial charge is 0.337 e. The number of amides is 1. The van der Waals surface area contributed by atoms with Gasteiger partial charge in [-0.3, -0.25) is 4.79 Å². The molecule has 4 heteroatoms. The van der Waals surface area contributed by atoms with E-state index in [2.05, 4.69) is 37.5 Å². The first-order chi connectivity index (χ1) is 9.11. The lowest BCUT2D eigenvalue weighted by Gasteiger charge is -2.28. The van der Waals surface area contributed by atoms with Crippen LogP contribution < -0.4 is 5.32 Å². The van der Waals surface area contributed by atoms with Crippen LogP contribution in [0.4, 0.5) is 0 Å². The van der Waals surface area contributed by atoms with E-state index in [0.29, 0.717) is 18.5 Å². The maximum absolute atomic E-state index is 12.2. The number of carbonyl (C=O) groups is 1. The number of hydrogen-bond acceptors (Lipinski definition) is 3. The Kier molecular flexibility index (Phi) is 4.99. The maximum Gasteiger partial charge on any atom is 0.236 e. The Labute approximate surface area is 120 Å². The molecule has 1 N–H and O–H groups in total. The lowest BCUT2D eigenvalue weighted by molar-refractivity contribution is -0.131. The lowest BCUT2D eigenvalue weighted by Crippen LogP contribution is -2.44. The van der Waals surface area contributed by atoms with Gasteiger partial charge < -0.3 is 10.2 Å². The van der Waals surface area contributed by atoms with Crippen LogP contribution in [-0.2, 0) is 17.8 Å². The van der Waals surface area contributed by atoms with Gasteiger partial charge in [0.2, 0.25) is 5.91 Å². The van der Waals surface area contributed by atoms with Crippen LogP contribution in [0.5, 0.6) is 0 Å². The summed E-state index contributed by atoms with van der Waals surface area (Å²) in [7, 11) is 0. The monoisotopic (exact) mass is 280 g/mol. The van der Waals surface area contributed by atoms with Crippen LogP contribution >= 0.6 is 11.3 Å². The van der Waals surface area contributed by atoms with Gasteiger partial charge in [-0.15, -0.1) is 11.3 Å². The predicted molar refractivity (Wildman–Crippen MR) is 80.4 cm³/mol. The molecule has 0 fully saturated rings. The van der Waals surface area contributed by atoms with E-state index in [-0.39, 0.29) is 5.91 Å². The zero-order valence-electron chi connectivity index (χ0n) is 12.1. The van der Waals surface area contributed by atoms with Gasteiger partial charge in [-0.2, -0.15) is 0 Å². The third-order valence-corrected chi connectivity index (χ3v) is 5.26. The highest BCUT2D eigenvalue weighted by atomic mass is 32.1. The fourth-order valence-electron chi connectivity index (χ4n) is 2.38. The second-order valence-electron chi connectivity index (χ2n) is 5.49. The van der Waals surface area contributed by atoms with E-state index >= 15 is 0 Å². The zero-order valence-corrected chi connectivity index (χ0v) is 12.9. The Hall–Kier alpha value is -0.870. The van der Waals surface area contributed by atoms with Crippen LogP contribution in [0.2, 0.25) is 0 Å². The molecule has 0 aliphatic carbocycles. The number of carbonyl (C=O) groups excluding carboxylic acids is 1. The quantitative estimate of drug-likeness (QED) is 0.899. The number of hydrogen-bond donors (Lipinski definition) is 1. The number of fused-ring (bicyclic) bond motifs is 1. The molecule has 1 amide bonds.